The lowest BCUT2D eigenvalue weighted by molar-refractivity contribution is -0.114. The summed E-state index contributed by atoms with van der Waals surface area (Å²) in [4.78, 5) is 11.3. The fourth-order valence-corrected chi connectivity index (χ4v) is 6.19. The summed E-state index contributed by atoms with van der Waals surface area (Å²) in [7, 11) is -3.90. The summed E-state index contributed by atoms with van der Waals surface area (Å²) in [5.74, 6) is 0.861. The van der Waals surface area contributed by atoms with Crippen LogP contribution in [0.15, 0.2) is 76.8 Å². The van der Waals surface area contributed by atoms with Crippen LogP contribution in [0.2, 0.25) is 5.02 Å². The van der Waals surface area contributed by atoms with Gasteiger partial charge in [0.15, 0.2) is 11.0 Å². The maximum absolute atomic E-state index is 13.2. The second kappa shape index (κ2) is 11.7. The minimum Gasteiger partial charge on any atom is -0.326 e. The molecule has 1 atom stereocenters. The van der Waals surface area contributed by atoms with Gasteiger partial charge in [0.05, 0.1) is 16.6 Å². The summed E-state index contributed by atoms with van der Waals surface area (Å²) in [5, 5.41) is 12.6. The third-order valence-corrected chi connectivity index (χ3v) is 8.52. The summed E-state index contributed by atoms with van der Waals surface area (Å²) in [6.45, 7) is 7.11. The molecule has 0 saturated heterocycles. The third-order valence-electron chi connectivity index (χ3n) is 5.73. The number of nitrogens with zero attached hydrogens (tertiary/aromatic N) is 3. The first-order valence-electron chi connectivity index (χ1n) is 11.8. The molecule has 0 saturated carbocycles. The zero-order valence-electron chi connectivity index (χ0n) is 21.4. The highest BCUT2D eigenvalue weighted by Crippen LogP contribution is 2.31. The lowest BCUT2D eigenvalue weighted by atomic mass is 10.2. The molecule has 0 radical (unpaired) electrons. The molecule has 198 valence electrons. The molecular formula is C27H28ClN5O3S2. The Morgan fingerprint density at radius 2 is 1.79 bits per heavy atom. The predicted molar refractivity (Wildman–Crippen MR) is 151 cm³/mol. The van der Waals surface area contributed by atoms with Crippen molar-refractivity contribution < 1.29 is 13.2 Å². The maximum atomic E-state index is 13.2. The number of hydrogen-bond donors (Lipinski definition) is 2. The molecule has 1 amide bonds. The van der Waals surface area contributed by atoms with Crippen LogP contribution in [0, 0.1) is 13.8 Å². The van der Waals surface area contributed by atoms with Crippen LogP contribution in [0.5, 0.6) is 0 Å². The normalized spacial score (nSPS) is 12.3. The lowest BCUT2D eigenvalue weighted by Crippen LogP contribution is -2.29. The highest BCUT2D eigenvalue weighted by Gasteiger charge is 2.25. The molecule has 4 rings (SSSR count). The number of halogens is 1. The van der Waals surface area contributed by atoms with Crippen LogP contribution >= 0.6 is 23.4 Å². The van der Waals surface area contributed by atoms with Crippen molar-refractivity contribution in [1.82, 2.24) is 19.5 Å². The van der Waals surface area contributed by atoms with E-state index < -0.39 is 16.1 Å². The van der Waals surface area contributed by atoms with Gasteiger partial charge in [-0.3, -0.25) is 9.36 Å². The van der Waals surface area contributed by atoms with Gasteiger partial charge in [-0.1, -0.05) is 59.3 Å². The summed E-state index contributed by atoms with van der Waals surface area (Å²) in [6, 6.07) is 19.0. The van der Waals surface area contributed by atoms with Crippen molar-refractivity contribution in [2.75, 3.05) is 5.32 Å². The summed E-state index contributed by atoms with van der Waals surface area (Å²) in [5.41, 5.74) is 4.54. The molecule has 0 bridgehead atoms. The van der Waals surface area contributed by atoms with E-state index in [1.807, 2.05) is 42.7 Å². The van der Waals surface area contributed by atoms with Gasteiger partial charge in [0.25, 0.3) is 0 Å². The van der Waals surface area contributed by atoms with Gasteiger partial charge in [-0.05, 0) is 68.3 Å². The second-order valence-corrected chi connectivity index (χ2v) is 12.0. The number of benzene rings is 3. The molecule has 2 N–H and O–H groups in total. The van der Waals surface area contributed by atoms with E-state index >= 15 is 0 Å². The fraction of sp³-hybridized carbons (Fsp3) is 0.222. The van der Waals surface area contributed by atoms with Gasteiger partial charge in [0, 0.05) is 23.4 Å². The second-order valence-electron chi connectivity index (χ2n) is 8.93. The van der Waals surface area contributed by atoms with Crippen LogP contribution in [0.1, 0.15) is 42.4 Å². The Morgan fingerprint density at radius 1 is 1.05 bits per heavy atom. The number of amides is 1. The molecule has 1 heterocycles. The van der Waals surface area contributed by atoms with Crippen molar-refractivity contribution >= 4 is 45.0 Å². The Kier molecular flexibility index (Phi) is 8.57. The topological polar surface area (TPSA) is 106 Å². The maximum Gasteiger partial charge on any atom is 0.241 e. The Hall–Kier alpha value is -3.18. The summed E-state index contributed by atoms with van der Waals surface area (Å²) in [6.07, 6.45) is 0. The molecule has 0 aliphatic heterocycles. The lowest BCUT2D eigenvalue weighted by Gasteiger charge is -2.18. The number of sulfonamides is 1. The number of nitrogens with one attached hydrogen (secondary N) is 2. The molecule has 0 fully saturated rings. The van der Waals surface area contributed by atoms with E-state index in [4.69, 9.17) is 11.6 Å². The molecule has 0 aliphatic rings. The van der Waals surface area contributed by atoms with Crippen LogP contribution in [-0.4, -0.2) is 29.1 Å². The fourth-order valence-electron chi connectivity index (χ4n) is 3.93. The molecule has 1 aromatic heterocycles. The monoisotopic (exact) mass is 569 g/mol. The van der Waals surface area contributed by atoms with E-state index in [9.17, 15) is 13.2 Å². The van der Waals surface area contributed by atoms with Crippen LogP contribution in [0.25, 0.3) is 5.69 Å². The van der Waals surface area contributed by atoms with E-state index in [1.54, 1.807) is 25.1 Å². The van der Waals surface area contributed by atoms with Crippen LogP contribution < -0.4 is 10.0 Å². The molecular weight excluding hydrogens is 542 g/mol. The van der Waals surface area contributed by atoms with Crippen LogP contribution in [-0.2, 0) is 20.6 Å². The Balaban J connectivity index is 1.66. The highest BCUT2D eigenvalue weighted by molar-refractivity contribution is 7.98. The van der Waals surface area contributed by atoms with Gasteiger partial charge in [0.2, 0.25) is 15.9 Å². The highest BCUT2D eigenvalue weighted by atomic mass is 35.5. The zero-order chi connectivity index (χ0) is 27.4. The van der Waals surface area contributed by atoms with E-state index in [-0.39, 0.29) is 10.8 Å². The first-order valence-corrected chi connectivity index (χ1v) is 14.7. The van der Waals surface area contributed by atoms with Gasteiger partial charge in [0.1, 0.15) is 0 Å². The molecule has 11 heteroatoms. The number of aromatic nitrogens is 3. The molecule has 3 aromatic carbocycles. The van der Waals surface area contributed by atoms with Crippen molar-refractivity contribution in [2.45, 2.75) is 49.5 Å². The zero-order valence-corrected chi connectivity index (χ0v) is 23.8. The SMILES string of the molecule is CC(=O)Nc1ccc(S(=O)(=O)NC(C)c2nnc(SCc3cccc(C)c3)n2-c2cc(Cl)ccc2C)cc1. The minimum absolute atomic E-state index is 0.0671. The third kappa shape index (κ3) is 6.63. The molecule has 0 aliphatic carbocycles. The molecule has 0 spiro atoms. The van der Waals surface area contributed by atoms with Crippen molar-refractivity contribution in [3.8, 4) is 5.69 Å². The Labute approximate surface area is 231 Å². The van der Waals surface area contributed by atoms with Crippen molar-refractivity contribution in [3.63, 3.8) is 0 Å². The van der Waals surface area contributed by atoms with E-state index in [2.05, 4.69) is 32.4 Å². The van der Waals surface area contributed by atoms with E-state index in [1.165, 1.54) is 36.4 Å². The number of anilines is 1. The standard InChI is InChI=1S/C27H28ClN5O3S2/c1-17-6-5-7-21(14-17)16-37-27-31-30-26(33(27)25-15-22(28)9-8-18(25)2)19(3)32-38(35,36)24-12-10-23(11-13-24)29-20(4)34/h5-15,19,32H,16H2,1-4H3,(H,29,34). The number of hydrogen-bond acceptors (Lipinski definition) is 6. The van der Waals surface area contributed by atoms with Gasteiger partial charge in [-0.2, -0.15) is 0 Å². The van der Waals surface area contributed by atoms with Gasteiger partial charge in [-0.25, -0.2) is 13.1 Å². The number of carbonyl (C=O) groups excluding carboxylic acids is 1. The molecule has 4 aromatic rings. The minimum atomic E-state index is -3.90. The number of aryl methyl sites for hydroxylation is 2. The van der Waals surface area contributed by atoms with Crippen molar-refractivity contribution in [3.05, 3.63) is 94.3 Å². The first-order chi connectivity index (χ1) is 18.0. The first kappa shape index (κ1) is 27.8. The average molecular weight is 570 g/mol. The summed E-state index contributed by atoms with van der Waals surface area (Å²) >= 11 is 7.85. The van der Waals surface area contributed by atoms with Crippen molar-refractivity contribution in [1.29, 1.82) is 0 Å². The van der Waals surface area contributed by atoms with Crippen LogP contribution in [0.3, 0.4) is 0 Å². The Morgan fingerprint density at radius 3 is 2.47 bits per heavy atom. The smallest absolute Gasteiger partial charge is 0.241 e. The quantitative estimate of drug-likeness (QED) is 0.246. The number of rotatable bonds is 9. The average Bonchev–Trinajstić information content (AvgIpc) is 3.28. The van der Waals surface area contributed by atoms with E-state index in [0.717, 1.165) is 16.8 Å². The van der Waals surface area contributed by atoms with E-state index in [0.29, 0.717) is 27.4 Å². The predicted octanol–water partition coefficient (Wildman–Crippen LogP) is 5.83. The van der Waals surface area contributed by atoms with Gasteiger partial charge >= 0.3 is 0 Å². The van der Waals surface area contributed by atoms with Crippen molar-refractivity contribution in [2.24, 2.45) is 0 Å². The number of carbonyl (C=O) groups is 1. The molecule has 8 nitrogen and oxygen atoms in total. The van der Waals surface area contributed by atoms with Crippen LogP contribution in [0.4, 0.5) is 5.69 Å². The van der Waals surface area contributed by atoms with Gasteiger partial charge < -0.3 is 5.32 Å². The van der Waals surface area contributed by atoms with Gasteiger partial charge in [-0.15, -0.1) is 10.2 Å². The Bertz CT molecular complexity index is 1570. The number of thioether (sulfide) groups is 1. The molecule has 1 unspecified atom stereocenters. The molecule has 38 heavy (non-hydrogen) atoms. The largest absolute Gasteiger partial charge is 0.326 e. The summed E-state index contributed by atoms with van der Waals surface area (Å²) < 4.78 is 30.9.